The highest BCUT2D eigenvalue weighted by Gasteiger charge is 2.28. The molecule has 0 aliphatic rings. The Morgan fingerprint density at radius 2 is 2.05 bits per heavy atom. The highest BCUT2D eigenvalue weighted by molar-refractivity contribution is 9.10. The van der Waals surface area contributed by atoms with Gasteiger partial charge in [-0.05, 0) is 31.2 Å². The van der Waals surface area contributed by atoms with Crippen LogP contribution in [0.3, 0.4) is 0 Å². The van der Waals surface area contributed by atoms with Crippen LogP contribution < -0.4 is 5.32 Å². The van der Waals surface area contributed by atoms with Crippen LogP contribution in [0.1, 0.15) is 24.9 Å². The predicted octanol–water partition coefficient (Wildman–Crippen LogP) is 4.21. The number of nitrogens with one attached hydrogen (secondary N) is 1. The minimum absolute atomic E-state index is 0.243. The van der Waals surface area contributed by atoms with Gasteiger partial charge in [-0.3, -0.25) is 0 Å². The van der Waals surface area contributed by atoms with Gasteiger partial charge in [0.05, 0.1) is 12.6 Å². The zero-order chi connectivity index (χ0) is 15.2. The zero-order valence-corrected chi connectivity index (χ0v) is 12.5. The summed E-state index contributed by atoms with van der Waals surface area (Å²) in [6.07, 6.45) is -3.60. The van der Waals surface area contributed by atoms with Crippen LogP contribution in [0.5, 0.6) is 0 Å². The summed E-state index contributed by atoms with van der Waals surface area (Å²) in [5.41, 5.74) is 0.287. The second-order valence-electron chi connectivity index (χ2n) is 4.30. The van der Waals surface area contributed by atoms with E-state index >= 15 is 0 Å². The second kappa shape index (κ2) is 7.95. The molecule has 1 rings (SSSR count). The van der Waals surface area contributed by atoms with Gasteiger partial charge in [0.15, 0.2) is 0 Å². The quantitative estimate of drug-likeness (QED) is 0.738. The highest BCUT2D eigenvalue weighted by atomic mass is 79.9. The van der Waals surface area contributed by atoms with Gasteiger partial charge >= 0.3 is 6.18 Å². The lowest BCUT2D eigenvalue weighted by atomic mass is 10.1. The maximum Gasteiger partial charge on any atom is 0.411 e. The van der Waals surface area contributed by atoms with E-state index in [1.54, 1.807) is 6.07 Å². The molecule has 7 heteroatoms. The first-order valence-electron chi connectivity index (χ1n) is 6.16. The lowest BCUT2D eigenvalue weighted by Gasteiger charge is -2.20. The van der Waals surface area contributed by atoms with E-state index in [4.69, 9.17) is 0 Å². The Balaban J connectivity index is 2.75. The lowest BCUT2D eigenvalue weighted by Crippen LogP contribution is -2.29. The number of hydrogen-bond donors (Lipinski definition) is 1. The maximum atomic E-state index is 13.8. The van der Waals surface area contributed by atoms with E-state index in [-0.39, 0.29) is 12.2 Å². The van der Waals surface area contributed by atoms with E-state index in [9.17, 15) is 17.6 Å². The van der Waals surface area contributed by atoms with Crippen molar-refractivity contribution >= 4 is 15.9 Å². The van der Waals surface area contributed by atoms with Crippen LogP contribution in [0.2, 0.25) is 0 Å². The van der Waals surface area contributed by atoms with Crippen molar-refractivity contribution < 1.29 is 22.3 Å². The molecule has 20 heavy (non-hydrogen) atoms. The molecule has 0 aliphatic carbocycles. The van der Waals surface area contributed by atoms with E-state index in [1.165, 1.54) is 12.1 Å². The SMILES string of the molecule is CCCNC(COCC(F)(F)F)c1cc(Br)ccc1F. The molecule has 1 aromatic rings. The molecule has 0 bridgehead atoms. The summed E-state index contributed by atoms with van der Waals surface area (Å²) < 4.78 is 55.3. The summed E-state index contributed by atoms with van der Waals surface area (Å²) in [5.74, 6) is -0.475. The van der Waals surface area contributed by atoms with Crippen molar-refractivity contribution in [2.45, 2.75) is 25.6 Å². The van der Waals surface area contributed by atoms with Gasteiger partial charge in [-0.25, -0.2) is 4.39 Å². The minimum Gasteiger partial charge on any atom is -0.370 e. The highest BCUT2D eigenvalue weighted by Crippen LogP contribution is 2.23. The van der Waals surface area contributed by atoms with Gasteiger partial charge in [0.2, 0.25) is 0 Å². The normalized spacial score (nSPS) is 13.5. The van der Waals surface area contributed by atoms with Crippen LogP contribution >= 0.6 is 15.9 Å². The summed E-state index contributed by atoms with van der Waals surface area (Å²) in [5, 5.41) is 2.99. The molecular weight excluding hydrogens is 342 g/mol. The molecule has 1 atom stereocenters. The predicted molar refractivity (Wildman–Crippen MR) is 72.0 cm³/mol. The fourth-order valence-corrected chi connectivity index (χ4v) is 2.03. The third kappa shape index (κ3) is 6.19. The molecule has 2 nitrogen and oxygen atoms in total. The lowest BCUT2D eigenvalue weighted by molar-refractivity contribution is -0.175. The first-order chi connectivity index (χ1) is 9.33. The average molecular weight is 358 g/mol. The fourth-order valence-electron chi connectivity index (χ4n) is 1.65. The Morgan fingerprint density at radius 1 is 1.35 bits per heavy atom. The van der Waals surface area contributed by atoms with Gasteiger partial charge in [0.25, 0.3) is 0 Å². The summed E-state index contributed by atoms with van der Waals surface area (Å²) in [7, 11) is 0. The third-order valence-corrected chi connectivity index (χ3v) is 3.02. The van der Waals surface area contributed by atoms with E-state index in [0.29, 0.717) is 11.0 Å². The van der Waals surface area contributed by atoms with Crippen molar-refractivity contribution in [2.75, 3.05) is 19.8 Å². The Kier molecular flexibility index (Phi) is 6.91. The maximum absolute atomic E-state index is 13.8. The van der Waals surface area contributed by atoms with Crippen LogP contribution in [0.15, 0.2) is 22.7 Å². The van der Waals surface area contributed by atoms with Gasteiger partial charge < -0.3 is 10.1 Å². The molecule has 1 aromatic carbocycles. The molecule has 0 spiro atoms. The summed E-state index contributed by atoms with van der Waals surface area (Å²) in [4.78, 5) is 0. The van der Waals surface area contributed by atoms with E-state index < -0.39 is 24.6 Å². The van der Waals surface area contributed by atoms with E-state index in [2.05, 4.69) is 26.0 Å². The molecule has 0 fully saturated rings. The molecule has 0 radical (unpaired) electrons. The van der Waals surface area contributed by atoms with Crippen molar-refractivity contribution in [3.8, 4) is 0 Å². The van der Waals surface area contributed by atoms with Crippen molar-refractivity contribution in [3.05, 3.63) is 34.1 Å². The number of ether oxygens (including phenoxy) is 1. The smallest absolute Gasteiger partial charge is 0.370 e. The molecular formula is C13H16BrF4NO. The Morgan fingerprint density at radius 3 is 2.65 bits per heavy atom. The topological polar surface area (TPSA) is 21.3 Å². The number of halogens is 5. The average Bonchev–Trinajstić information content (AvgIpc) is 2.35. The first kappa shape index (κ1) is 17.4. The number of alkyl halides is 3. The second-order valence-corrected chi connectivity index (χ2v) is 5.22. The first-order valence-corrected chi connectivity index (χ1v) is 6.95. The van der Waals surface area contributed by atoms with Gasteiger partial charge in [0, 0.05) is 10.0 Å². The molecule has 0 amide bonds. The standard InChI is InChI=1S/C13H16BrF4NO/c1-2-5-19-12(7-20-8-13(16,17)18)10-6-9(14)3-4-11(10)15/h3-4,6,12,19H,2,5,7-8H2,1H3. The van der Waals surface area contributed by atoms with Crippen LogP contribution in [0.25, 0.3) is 0 Å². The summed E-state index contributed by atoms with van der Waals surface area (Å²) in [6.45, 7) is 0.893. The van der Waals surface area contributed by atoms with Crippen molar-refractivity contribution in [1.29, 1.82) is 0 Å². The summed E-state index contributed by atoms with van der Waals surface area (Å²) in [6, 6.07) is 3.73. The molecule has 0 aromatic heterocycles. The molecule has 0 saturated carbocycles. The third-order valence-electron chi connectivity index (χ3n) is 2.52. The van der Waals surface area contributed by atoms with Gasteiger partial charge in [-0.2, -0.15) is 13.2 Å². The Labute approximate surface area is 123 Å². The van der Waals surface area contributed by atoms with Gasteiger partial charge in [-0.1, -0.05) is 22.9 Å². The van der Waals surface area contributed by atoms with Gasteiger partial charge in [0.1, 0.15) is 12.4 Å². The van der Waals surface area contributed by atoms with Crippen LogP contribution in [0, 0.1) is 5.82 Å². The van der Waals surface area contributed by atoms with Crippen molar-refractivity contribution in [2.24, 2.45) is 0 Å². The Bertz CT molecular complexity index is 425. The zero-order valence-electron chi connectivity index (χ0n) is 10.9. The minimum atomic E-state index is -4.38. The molecule has 114 valence electrons. The van der Waals surface area contributed by atoms with Crippen LogP contribution in [0.4, 0.5) is 17.6 Å². The molecule has 0 aliphatic heterocycles. The van der Waals surface area contributed by atoms with Crippen LogP contribution in [-0.4, -0.2) is 25.9 Å². The van der Waals surface area contributed by atoms with Crippen LogP contribution in [-0.2, 0) is 4.74 Å². The molecule has 0 saturated heterocycles. The van der Waals surface area contributed by atoms with E-state index in [1.807, 2.05) is 6.92 Å². The molecule has 0 heterocycles. The largest absolute Gasteiger partial charge is 0.411 e. The van der Waals surface area contributed by atoms with Crippen molar-refractivity contribution in [3.63, 3.8) is 0 Å². The summed E-state index contributed by atoms with van der Waals surface area (Å²) >= 11 is 3.22. The number of hydrogen-bond acceptors (Lipinski definition) is 2. The molecule has 1 N–H and O–H groups in total. The van der Waals surface area contributed by atoms with Gasteiger partial charge in [-0.15, -0.1) is 0 Å². The van der Waals surface area contributed by atoms with E-state index in [0.717, 1.165) is 6.42 Å². The monoisotopic (exact) mass is 357 g/mol. The molecule has 1 unspecified atom stereocenters. The number of rotatable bonds is 7. The van der Waals surface area contributed by atoms with Crippen molar-refractivity contribution in [1.82, 2.24) is 5.32 Å². The number of benzene rings is 1. The Hall–Kier alpha value is -0.660. The fraction of sp³-hybridized carbons (Fsp3) is 0.538.